The molecule has 1 N–H and O–H groups in total. The van der Waals surface area contributed by atoms with E-state index in [0.29, 0.717) is 12.3 Å². The van der Waals surface area contributed by atoms with Gasteiger partial charge in [-0.15, -0.1) is 13.2 Å². The minimum atomic E-state index is -5.00. The Balaban J connectivity index is 1.97. The van der Waals surface area contributed by atoms with Gasteiger partial charge in [0.25, 0.3) is 5.91 Å². The Hall–Kier alpha value is -3.52. The molecule has 3 rings (SSSR count). The highest BCUT2D eigenvalue weighted by Gasteiger charge is 2.34. The van der Waals surface area contributed by atoms with Crippen molar-refractivity contribution in [3.05, 3.63) is 70.9 Å². The van der Waals surface area contributed by atoms with Crippen LogP contribution in [0.3, 0.4) is 0 Å². The van der Waals surface area contributed by atoms with Crippen LogP contribution >= 0.6 is 11.6 Å². The number of carbonyl (C=O) groups is 1. The van der Waals surface area contributed by atoms with Gasteiger partial charge in [0, 0.05) is 18.0 Å². The number of amides is 1. The van der Waals surface area contributed by atoms with Gasteiger partial charge in [-0.3, -0.25) is 4.79 Å². The zero-order valence-corrected chi connectivity index (χ0v) is 20.0. The van der Waals surface area contributed by atoms with Crippen LogP contribution < -0.4 is 14.8 Å². The third kappa shape index (κ3) is 7.26. The van der Waals surface area contributed by atoms with Crippen LogP contribution in [0.5, 0.6) is 17.4 Å². The molecule has 0 fully saturated rings. The van der Waals surface area contributed by atoms with Crippen LogP contribution in [-0.4, -0.2) is 31.4 Å². The van der Waals surface area contributed by atoms with E-state index < -0.39 is 56.1 Å². The van der Waals surface area contributed by atoms with Crippen LogP contribution in [0.1, 0.15) is 22.8 Å². The van der Waals surface area contributed by atoms with E-state index in [1.807, 2.05) is 0 Å². The zero-order chi connectivity index (χ0) is 27.6. The maximum Gasteiger partial charge on any atom is 0.573 e. The molecule has 198 valence electrons. The molecule has 0 aliphatic heterocycles. The first-order valence-electron chi connectivity index (χ1n) is 10.0. The van der Waals surface area contributed by atoms with Gasteiger partial charge in [0.1, 0.15) is 17.1 Å². The first-order chi connectivity index (χ1) is 17.1. The summed E-state index contributed by atoms with van der Waals surface area (Å²) < 4.78 is 110. The van der Waals surface area contributed by atoms with Crippen molar-refractivity contribution in [1.82, 2.24) is 4.98 Å². The first kappa shape index (κ1) is 28.1. The average Bonchev–Trinajstić information content (AvgIpc) is 2.79. The van der Waals surface area contributed by atoms with Crippen LogP contribution in [0.25, 0.3) is 0 Å². The molecular weight excluding hydrogens is 554 g/mol. The molecule has 7 nitrogen and oxygen atoms in total. The van der Waals surface area contributed by atoms with Gasteiger partial charge in [0.15, 0.2) is 9.84 Å². The number of sulfone groups is 1. The summed E-state index contributed by atoms with van der Waals surface area (Å²) in [4.78, 5) is 16.3. The molecular formula is C22H15ClF6N2O5S. The lowest BCUT2D eigenvalue weighted by atomic mass is 10.1. The smallest absolute Gasteiger partial charge is 0.437 e. The second kappa shape index (κ2) is 10.5. The first-order valence-corrected chi connectivity index (χ1v) is 12.1. The fraction of sp³-hybridized carbons (Fsp3) is 0.182. The van der Waals surface area contributed by atoms with Gasteiger partial charge in [-0.05, 0) is 36.4 Å². The van der Waals surface area contributed by atoms with E-state index in [0.717, 1.165) is 24.3 Å². The Labute approximate surface area is 210 Å². The summed E-state index contributed by atoms with van der Waals surface area (Å²) in [6, 6.07) is 7.99. The van der Waals surface area contributed by atoms with E-state index in [4.69, 9.17) is 16.3 Å². The molecule has 0 atom stereocenters. The quantitative estimate of drug-likeness (QED) is 0.327. The number of ether oxygens (including phenoxy) is 2. The van der Waals surface area contributed by atoms with Crippen LogP contribution in [0.15, 0.2) is 59.6 Å². The number of hydrogen-bond acceptors (Lipinski definition) is 6. The molecule has 15 heteroatoms. The minimum absolute atomic E-state index is 0.0467. The number of carbonyl (C=O) groups excluding carboxylic acids is 1. The van der Waals surface area contributed by atoms with Crippen LogP contribution in [0.2, 0.25) is 5.02 Å². The number of benzene rings is 2. The third-order valence-electron chi connectivity index (χ3n) is 4.60. The third-order valence-corrected chi connectivity index (χ3v) is 6.63. The number of halogens is 7. The highest BCUT2D eigenvalue weighted by atomic mass is 35.5. The maximum atomic E-state index is 13.3. The van der Waals surface area contributed by atoms with Gasteiger partial charge >= 0.3 is 12.5 Å². The fourth-order valence-corrected chi connectivity index (χ4v) is 3.98. The van der Waals surface area contributed by atoms with Gasteiger partial charge in [-0.25, -0.2) is 13.4 Å². The lowest BCUT2D eigenvalue weighted by Gasteiger charge is -2.15. The maximum absolute atomic E-state index is 13.3. The lowest BCUT2D eigenvalue weighted by molar-refractivity contribution is -0.274. The van der Waals surface area contributed by atoms with Crippen molar-refractivity contribution >= 4 is 33.0 Å². The van der Waals surface area contributed by atoms with Crippen molar-refractivity contribution in [1.29, 1.82) is 0 Å². The molecule has 37 heavy (non-hydrogen) atoms. The number of aromatic nitrogens is 1. The molecule has 0 aliphatic rings. The molecule has 2 aromatic carbocycles. The van der Waals surface area contributed by atoms with Gasteiger partial charge in [-0.1, -0.05) is 24.6 Å². The molecule has 0 aliphatic carbocycles. The molecule has 1 aromatic heterocycles. The average molecular weight is 569 g/mol. The number of alkyl halides is 6. The van der Waals surface area contributed by atoms with Gasteiger partial charge < -0.3 is 14.8 Å². The lowest BCUT2D eigenvalue weighted by Crippen LogP contribution is -2.17. The predicted octanol–water partition coefficient (Wildman–Crippen LogP) is 6.49. The molecule has 0 bridgehead atoms. The summed E-state index contributed by atoms with van der Waals surface area (Å²) in [6.07, 6.45) is -9.50. The highest BCUT2D eigenvalue weighted by molar-refractivity contribution is 7.91. The number of anilines is 1. The van der Waals surface area contributed by atoms with Crippen molar-refractivity contribution < 1.29 is 49.0 Å². The van der Waals surface area contributed by atoms with Gasteiger partial charge in [0.05, 0.1) is 21.2 Å². The Morgan fingerprint density at radius 1 is 1.05 bits per heavy atom. The van der Waals surface area contributed by atoms with Crippen molar-refractivity contribution in [3.8, 4) is 17.4 Å². The van der Waals surface area contributed by atoms with E-state index in [1.54, 1.807) is 0 Å². The molecule has 0 unspecified atom stereocenters. The second-order valence-corrected chi connectivity index (χ2v) is 9.89. The Kier molecular flexibility index (Phi) is 7.93. The Bertz CT molecular complexity index is 1430. The summed E-state index contributed by atoms with van der Waals surface area (Å²) in [5.41, 5.74) is -2.06. The molecule has 1 amide bonds. The molecule has 0 saturated carbocycles. The van der Waals surface area contributed by atoms with Crippen molar-refractivity contribution in [3.63, 3.8) is 0 Å². The number of nitrogens with zero attached hydrogens (tertiary/aromatic N) is 1. The summed E-state index contributed by atoms with van der Waals surface area (Å²) in [5.74, 6) is -3.06. The zero-order valence-electron chi connectivity index (χ0n) is 18.4. The molecule has 0 spiro atoms. The van der Waals surface area contributed by atoms with Crippen molar-refractivity contribution in [2.24, 2.45) is 0 Å². The van der Waals surface area contributed by atoms with Gasteiger partial charge in [0.2, 0.25) is 5.88 Å². The largest absolute Gasteiger partial charge is 0.573 e. The predicted molar refractivity (Wildman–Crippen MR) is 120 cm³/mol. The number of pyridine rings is 1. The SMILES string of the molecule is CCS(=O)(=O)c1cccc(NC(=O)c2cc(C(F)(F)F)cnc2Oc2ccc(OC(F)(F)F)cc2Cl)c1. The standard InChI is InChI=1S/C22H15ClF6N2O5S/c1-2-37(33,34)15-5-3-4-13(9-15)31-19(32)16-8-12(21(24,25)26)11-30-20(16)35-18-7-6-14(10-17(18)23)36-22(27,28)29/h3-11H,2H2,1H3,(H,31,32). The van der Waals surface area contributed by atoms with E-state index in [9.17, 15) is 39.6 Å². The summed E-state index contributed by atoms with van der Waals surface area (Å²) in [7, 11) is -3.65. The molecule has 3 aromatic rings. The van der Waals surface area contributed by atoms with E-state index in [-0.39, 0.29) is 22.1 Å². The summed E-state index contributed by atoms with van der Waals surface area (Å²) in [5, 5.41) is 1.86. The van der Waals surface area contributed by atoms with Crippen molar-refractivity contribution in [2.75, 3.05) is 11.1 Å². The van der Waals surface area contributed by atoms with Gasteiger partial charge in [-0.2, -0.15) is 13.2 Å². The minimum Gasteiger partial charge on any atom is -0.437 e. The molecule has 1 heterocycles. The number of rotatable bonds is 7. The number of nitrogens with one attached hydrogen (secondary N) is 1. The van der Waals surface area contributed by atoms with E-state index in [1.165, 1.54) is 25.1 Å². The van der Waals surface area contributed by atoms with E-state index in [2.05, 4.69) is 15.0 Å². The molecule has 0 radical (unpaired) electrons. The van der Waals surface area contributed by atoms with Crippen LogP contribution in [0, 0.1) is 0 Å². The summed E-state index contributed by atoms with van der Waals surface area (Å²) in [6.45, 7) is 1.41. The Morgan fingerprint density at radius 3 is 2.35 bits per heavy atom. The van der Waals surface area contributed by atoms with Crippen LogP contribution in [-0.2, 0) is 16.0 Å². The van der Waals surface area contributed by atoms with Crippen LogP contribution in [0.4, 0.5) is 32.0 Å². The Morgan fingerprint density at radius 2 is 1.76 bits per heavy atom. The number of hydrogen-bond donors (Lipinski definition) is 1. The topological polar surface area (TPSA) is 94.6 Å². The summed E-state index contributed by atoms with van der Waals surface area (Å²) >= 11 is 5.91. The second-order valence-electron chi connectivity index (χ2n) is 7.20. The van der Waals surface area contributed by atoms with E-state index >= 15 is 0 Å². The highest BCUT2D eigenvalue weighted by Crippen LogP contribution is 2.37. The van der Waals surface area contributed by atoms with Crippen molar-refractivity contribution in [2.45, 2.75) is 24.4 Å². The molecule has 0 saturated heterocycles. The fourth-order valence-electron chi connectivity index (χ4n) is 2.85. The monoisotopic (exact) mass is 568 g/mol. The normalized spacial score (nSPS) is 12.2.